The fraction of sp³-hybridized carbons (Fsp3) is 0. The Balaban J connectivity index is 2.35. The minimum atomic E-state index is -0.560. The van der Waals surface area contributed by atoms with E-state index in [9.17, 15) is 9.18 Å². The molecule has 0 fully saturated rings. The van der Waals surface area contributed by atoms with Gasteiger partial charge in [0.1, 0.15) is 15.7 Å². The molecule has 7 heteroatoms. The van der Waals surface area contributed by atoms with Crippen LogP contribution >= 0.6 is 39.5 Å². The summed E-state index contributed by atoms with van der Waals surface area (Å²) in [7, 11) is 0. The van der Waals surface area contributed by atoms with Gasteiger partial charge in [-0.15, -0.1) is 11.3 Å². The van der Waals surface area contributed by atoms with Crippen LogP contribution in [0.2, 0.25) is 0 Å². The van der Waals surface area contributed by atoms with Gasteiger partial charge < -0.3 is 11.1 Å². The zero-order valence-electron chi connectivity index (χ0n) is 9.44. The molecule has 0 bridgehead atoms. The van der Waals surface area contributed by atoms with E-state index in [2.05, 4.69) is 21.2 Å². The predicted molar refractivity (Wildman–Crippen MR) is 82.3 cm³/mol. The van der Waals surface area contributed by atoms with Crippen LogP contribution in [0.25, 0.3) is 0 Å². The van der Waals surface area contributed by atoms with E-state index < -0.39 is 5.82 Å². The van der Waals surface area contributed by atoms with E-state index in [0.29, 0.717) is 9.35 Å². The number of hydrogen-bond acceptors (Lipinski definition) is 3. The average Bonchev–Trinajstić information content (AvgIpc) is 2.75. The highest BCUT2D eigenvalue weighted by atomic mass is 79.9. The Morgan fingerprint density at radius 3 is 2.74 bits per heavy atom. The number of thiocarbonyl (C=S) groups is 1. The molecule has 0 unspecified atom stereocenters. The third kappa shape index (κ3) is 2.99. The fourth-order valence-corrected chi connectivity index (χ4v) is 3.17. The first-order chi connectivity index (χ1) is 9.00. The van der Waals surface area contributed by atoms with Gasteiger partial charge in [-0.1, -0.05) is 18.3 Å². The van der Waals surface area contributed by atoms with Gasteiger partial charge in [0.25, 0.3) is 5.91 Å². The number of halogens is 2. The highest BCUT2D eigenvalue weighted by Crippen LogP contribution is 2.25. The topological polar surface area (TPSA) is 55.1 Å². The third-order valence-electron chi connectivity index (χ3n) is 2.33. The Morgan fingerprint density at radius 2 is 2.16 bits per heavy atom. The fourth-order valence-electron chi connectivity index (χ4n) is 1.51. The van der Waals surface area contributed by atoms with E-state index in [1.54, 1.807) is 17.5 Å². The van der Waals surface area contributed by atoms with Crippen molar-refractivity contribution in [1.82, 2.24) is 0 Å². The maximum absolute atomic E-state index is 13.6. The molecule has 0 saturated heterocycles. The molecule has 98 valence electrons. The highest BCUT2D eigenvalue weighted by molar-refractivity contribution is 9.10. The van der Waals surface area contributed by atoms with Crippen molar-refractivity contribution in [2.75, 3.05) is 5.32 Å². The molecule has 0 spiro atoms. The monoisotopic (exact) mass is 358 g/mol. The smallest absolute Gasteiger partial charge is 0.266 e. The summed E-state index contributed by atoms with van der Waals surface area (Å²) < 4.78 is 14.3. The second kappa shape index (κ2) is 5.77. The van der Waals surface area contributed by atoms with Gasteiger partial charge >= 0.3 is 0 Å². The lowest BCUT2D eigenvalue weighted by molar-refractivity contribution is 0.103. The molecule has 1 amide bonds. The van der Waals surface area contributed by atoms with Gasteiger partial charge in [-0.3, -0.25) is 4.79 Å². The van der Waals surface area contributed by atoms with Crippen LogP contribution in [0.3, 0.4) is 0 Å². The molecule has 1 aromatic heterocycles. The molecule has 3 N–H and O–H groups in total. The molecule has 0 aliphatic rings. The van der Waals surface area contributed by atoms with Crippen molar-refractivity contribution < 1.29 is 9.18 Å². The van der Waals surface area contributed by atoms with E-state index in [1.807, 2.05) is 0 Å². The molecule has 0 aliphatic heterocycles. The summed E-state index contributed by atoms with van der Waals surface area (Å²) in [4.78, 5) is 12.4. The van der Waals surface area contributed by atoms with Crippen LogP contribution in [0, 0.1) is 5.82 Å². The number of nitrogens with two attached hydrogens (primary N) is 1. The van der Waals surface area contributed by atoms with Gasteiger partial charge in [0.2, 0.25) is 0 Å². The van der Waals surface area contributed by atoms with Crippen LogP contribution in [-0.2, 0) is 0 Å². The molecule has 0 aliphatic carbocycles. The van der Waals surface area contributed by atoms with E-state index in [1.165, 1.54) is 23.5 Å². The Bertz CT molecular complexity index is 657. The van der Waals surface area contributed by atoms with E-state index in [0.717, 1.165) is 0 Å². The highest BCUT2D eigenvalue weighted by Gasteiger charge is 2.16. The maximum atomic E-state index is 13.6. The summed E-state index contributed by atoms with van der Waals surface area (Å²) in [5.41, 5.74) is 5.78. The number of rotatable bonds is 3. The van der Waals surface area contributed by atoms with E-state index in [-0.39, 0.29) is 22.1 Å². The Morgan fingerprint density at radius 1 is 1.42 bits per heavy atom. The van der Waals surface area contributed by atoms with Crippen molar-refractivity contribution in [2.24, 2.45) is 5.73 Å². The number of hydrogen-bond donors (Lipinski definition) is 2. The zero-order valence-corrected chi connectivity index (χ0v) is 12.7. The zero-order chi connectivity index (χ0) is 14.0. The van der Waals surface area contributed by atoms with Gasteiger partial charge in [-0.2, -0.15) is 0 Å². The summed E-state index contributed by atoms with van der Waals surface area (Å²) in [6, 6.07) is 6.04. The summed E-state index contributed by atoms with van der Waals surface area (Å²) >= 11 is 9.34. The summed E-state index contributed by atoms with van der Waals surface area (Å²) in [5.74, 6) is -0.902. The van der Waals surface area contributed by atoms with Crippen LogP contribution in [0.4, 0.5) is 10.1 Å². The summed E-state index contributed by atoms with van der Waals surface area (Å²) in [6.45, 7) is 0. The molecular formula is C12H8BrFN2OS2. The van der Waals surface area contributed by atoms with E-state index >= 15 is 0 Å². The van der Waals surface area contributed by atoms with Gasteiger partial charge in [-0.25, -0.2) is 4.39 Å². The van der Waals surface area contributed by atoms with Crippen LogP contribution in [-0.4, -0.2) is 10.9 Å². The van der Waals surface area contributed by atoms with Crippen LogP contribution in [0.5, 0.6) is 0 Å². The molecule has 0 saturated carbocycles. The Kier molecular flexibility index (Phi) is 4.28. The van der Waals surface area contributed by atoms with Gasteiger partial charge in [-0.05, 0) is 39.5 Å². The molecule has 3 nitrogen and oxygen atoms in total. The van der Waals surface area contributed by atoms with Gasteiger partial charge in [0, 0.05) is 4.47 Å². The second-order valence-corrected chi connectivity index (χ2v) is 5.79. The molecule has 1 heterocycles. The lowest BCUT2D eigenvalue weighted by atomic mass is 10.1. The number of benzene rings is 1. The molecular weight excluding hydrogens is 351 g/mol. The van der Waals surface area contributed by atoms with Crippen LogP contribution < -0.4 is 11.1 Å². The molecule has 2 aromatic rings. The largest absolute Gasteiger partial charge is 0.389 e. The maximum Gasteiger partial charge on any atom is 0.266 e. The Hall–Kier alpha value is -1.31. The first kappa shape index (κ1) is 14.1. The molecule has 2 rings (SSSR count). The normalized spacial score (nSPS) is 10.2. The number of nitrogens with one attached hydrogen (secondary N) is 1. The van der Waals surface area contributed by atoms with Crippen LogP contribution in [0.15, 0.2) is 34.1 Å². The van der Waals surface area contributed by atoms with Crippen molar-refractivity contribution >= 4 is 56.1 Å². The SMILES string of the molecule is NC(=S)c1c(F)cccc1NC(=O)c1sccc1Br. The van der Waals surface area contributed by atoms with Crippen LogP contribution in [0.1, 0.15) is 15.2 Å². The average molecular weight is 359 g/mol. The second-order valence-electron chi connectivity index (χ2n) is 3.58. The summed E-state index contributed by atoms with van der Waals surface area (Å²) in [6.07, 6.45) is 0. The molecule has 0 atom stereocenters. The summed E-state index contributed by atoms with van der Waals surface area (Å²) in [5, 5.41) is 4.39. The minimum Gasteiger partial charge on any atom is -0.389 e. The predicted octanol–water partition coefficient (Wildman–Crippen LogP) is 3.54. The van der Waals surface area contributed by atoms with Crippen molar-refractivity contribution in [3.63, 3.8) is 0 Å². The lowest BCUT2D eigenvalue weighted by Gasteiger charge is -2.10. The lowest BCUT2D eigenvalue weighted by Crippen LogP contribution is -2.18. The van der Waals surface area contributed by atoms with Crippen molar-refractivity contribution in [3.05, 3.63) is 50.4 Å². The van der Waals surface area contributed by atoms with Gasteiger partial charge in [0.05, 0.1) is 11.3 Å². The molecule has 0 radical (unpaired) electrons. The number of thiophene rings is 1. The number of carbonyl (C=O) groups excluding carboxylic acids is 1. The number of carbonyl (C=O) groups is 1. The number of anilines is 1. The minimum absolute atomic E-state index is 0.0403. The van der Waals surface area contributed by atoms with Crippen molar-refractivity contribution in [1.29, 1.82) is 0 Å². The first-order valence-corrected chi connectivity index (χ1v) is 7.21. The quantitative estimate of drug-likeness (QED) is 0.825. The number of amides is 1. The standard InChI is InChI=1S/C12H8BrFN2OS2/c13-6-4-5-19-10(6)12(17)16-8-3-1-2-7(14)9(8)11(15)18/h1-5H,(H2,15,18)(H,16,17). The first-order valence-electron chi connectivity index (χ1n) is 5.13. The van der Waals surface area contributed by atoms with E-state index in [4.69, 9.17) is 18.0 Å². The molecule has 19 heavy (non-hydrogen) atoms. The Labute approximate surface area is 126 Å². The van der Waals surface area contributed by atoms with Crippen molar-refractivity contribution in [3.8, 4) is 0 Å². The molecule has 1 aromatic carbocycles. The van der Waals surface area contributed by atoms with Crippen molar-refractivity contribution in [2.45, 2.75) is 0 Å². The third-order valence-corrected chi connectivity index (χ3v) is 4.37. The van der Waals surface area contributed by atoms with Gasteiger partial charge in [0.15, 0.2) is 0 Å².